The van der Waals surface area contributed by atoms with Crippen molar-refractivity contribution in [2.75, 3.05) is 37.0 Å². The zero-order valence-electron chi connectivity index (χ0n) is 10.8. The van der Waals surface area contributed by atoms with E-state index in [1.165, 1.54) is 0 Å². The lowest BCUT2D eigenvalue weighted by atomic mass is 10.2. The number of rotatable bonds is 2. The van der Waals surface area contributed by atoms with Crippen molar-refractivity contribution in [2.45, 2.75) is 12.3 Å². The quantitative estimate of drug-likeness (QED) is 0.770. The molecule has 1 aromatic carbocycles. The molecule has 0 radical (unpaired) electrons. The molecule has 0 spiro atoms. The van der Waals surface area contributed by atoms with Crippen molar-refractivity contribution in [3.8, 4) is 5.75 Å². The second-order valence-corrected chi connectivity index (χ2v) is 5.16. The van der Waals surface area contributed by atoms with Crippen molar-refractivity contribution in [1.29, 1.82) is 0 Å². The van der Waals surface area contributed by atoms with Gasteiger partial charge in [0.05, 0.1) is 12.2 Å². The SMILES string of the molecule is CC(Cl)C(=O)N1CCOc2cc(N(C)C)ccc21. The minimum atomic E-state index is -0.524. The first-order chi connectivity index (χ1) is 8.50. The number of halogens is 1. The Hall–Kier alpha value is -1.42. The largest absolute Gasteiger partial charge is 0.489 e. The van der Waals surface area contributed by atoms with Crippen molar-refractivity contribution in [3.63, 3.8) is 0 Å². The second-order valence-electron chi connectivity index (χ2n) is 4.50. The highest BCUT2D eigenvalue weighted by Crippen LogP contribution is 2.35. The summed E-state index contributed by atoms with van der Waals surface area (Å²) < 4.78 is 5.61. The molecular formula is C13H17ClN2O2. The number of anilines is 2. The van der Waals surface area contributed by atoms with E-state index in [0.717, 1.165) is 17.1 Å². The first-order valence-electron chi connectivity index (χ1n) is 5.90. The zero-order chi connectivity index (χ0) is 13.3. The zero-order valence-corrected chi connectivity index (χ0v) is 11.6. The summed E-state index contributed by atoms with van der Waals surface area (Å²) >= 11 is 5.87. The Morgan fingerprint density at radius 2 is 2.22 bits per heavy atom. The number of hydrogen-bond acceptors (Lipinski definition) is 3. The lowest BCUT2D eigenvalue weighted by Crippen LogP contribution is -2.41. The van der Waals surface area contributed by atoms with E-state index in [1.54, 1.807) is 11.8 Å². The molecule has 0 aliphatic carbocycles. The van der Waals surface area contributed by atoms with E-state index in [4.69, 9.17) is 16.3 Å². The average Bonchev–Trinajstić information content (AvgIpc) is 2.36. The number of benzene rings is 1. The summed E-state index contributed by atoms with van der Waals surface area (Å²) in [5, 5.41) is -0.524. The van der Waals surface area contributed by atoms with Gasteiger partial charge in [-0.05, 0) is 19.1 Å². The Labute approximate surface area is 112 Å². The van der Waals surface area contributed by atoms with Crippen LogP contribution in [0.2, 0.25) is 0 Å². The highest BCUT2D eigenvalue weighted by atomic mass is 35.5. The van der Waals surface area contributed by atoms with Crippen LogP contribution in [-0.4, -0.2) is 38.5 Å². The van der Waals surface area contributed by atoms with Crippen molar-refractivity contribution in [3.05, 3.63) is 18.2 Å². The Morgan fingerprint density at radius 1 is 1.50 bits per heavy atom. The van der Waals surface area contributed by atoms with Crippen molar-refractivity contribution >= 4 is 28.9 Å². The first-order valence-corrected chi connectivity index (χ1v) is 6.34. The van der Waals surface area contributed by atoms with Crippen molar-refractivity contribution in [2.24, 2.45) is 0 Å². The van der Waals surface area contributed by atoms with E-state index in [9.17, 15) is 4.79 Å². The van der Waals surface area contributed by atoms with E-state index in [0.29, 0.717) is 13.2 Å². The average molecular weight is 269 g/mol. The van der Waals surface area contributed by atoms with Crippen molar-refractivity contribution < 1.29 is 9.53 Å². The lowest BCUT2D eigenvalue weighted by Gasteiger charge is -2.31. The highest BCUT2D eigenvalue weighted by Gasteiger charge is 2.26. The predicted molar refractivity (Wildman–Crippen MR) is 73.9 cm³/mol. The van der Waals surface area contributed by atoms with Crippen LogP contribution in [0.3, 0.4) is 0 Å². The number of nitrogens with zero attached hydrogens (tertiary/aromatic N) is 2. The van der Waals surface area contributed by atoms with E-state index < -0.39 is 5.38 Å². The van der Waals surface area contributed by atoms with Gasteiger partial charge in [0.15, 0.2) is 0 Å². The Bertz CT molecular complexity index is 460. The molecular weight excluding hydrogens is 252 g/mol. The number of carbonyl (C=O) groups excluding carboxylic acids is 1. The normalized spacial score (nSPS) is 15.7. The van der Waals surface area contributed by atoms with Gasteiger partial charge in [-0.3, -0.25) is 4.79 Å². The van der Waals surface area contributed by atoms with Gasteiger partial charge >= 0.3 is 0 Å². The molecule has 1 amide bonds. The fourth-order valence-electron chi connectivity index (χ4n) is 1.93. The molecule has 2 rings (SSSR count). The van der Waals surface area contributed by atoms with Gasteiger partial charge < -0.3 is 14.5 Å². The van der Waals surface area contributed by atoms with Gasteiger partial charge in [-0.15, -0.1) is 11.6 Å². The maximum absolute atomic E-state index is 12.0. The molecule has 4 nitrogen and oxygen atoms in total. The third-order valence-corrected chi connectivity index (χ3v) is 3.12. The summed E-state index contributed by atoms with van der Waals surface area (Å²) in [5.41, 5.74) is 1.84. The fourth-order valence-corrected chi connectivity index (χ4v) is 2.05. The van der Waals surface area contributed by atoms with Crippen LogP contribution >= 0.6 is 11.6 Å². The Balaban J connectivity index is 2.36. The van der Waals surface area contributed by atoms with Gasteiger partial charge in [0.1, 0.15) is 17.7 Å². The minimum Gasteiger partial charge on any atom is -0.489 e. The predicted octanol–water partition coefficient (Wildman–Crippen LogP) is 2.11. The standard InChI is InChI=1S/C13H17ClN2O2/c1-9(14)13(17)16-6-7-18-12-8-10(15(2)3)4-5-11(12)16/h4-5,8-9H,6-7H2,1-3H3. The highest BCUT2D eigenvalue weighted by molar-refractivity contribution is 6.32. The molecule has 1 aromatic rings. The summed E-state index contributed by atoms with van der Waals surface area (Å²) in [7, 11) is 3.93. The maximum Gasteiger partial charge on any atom is 0.244 e. The van der Waals surface area contributed by atoms with Gasteiger partial charge in [0.25, 0.3) is 0 Å². The van der Waals surface area contributed by atoms with Gasteiger partial charge in [0, 0.05) is 25.8 Å². The molecule has 5 heteroatoms. The smallest absolute Gasteiger partial charge is 0.244 e. The topological polar surface area (TPSA) is 32.8 Å². The van der Waals surface area contributed by atoms with Gasteiger partial charge in [-0.25, -0.2) is 0 Å². The molecule has 0 fully saturated rings. The molecule has 0 N–H and O–H groups in total. The van der Waals surface area contributed by atoms with Crippen LogP contribution in [0.15, 0.2) is 18.2 Å². The summed E-state index contributed by atoms with van der Waals surface area (Å²) in [6.07, 6.45) is 0. The number of fused-ring (bicyclic) bond motifs is 1. The van der Waals surface area contributed by atoms with E-state index >= 15 is 0 Å². The molecule has 0 saturated carbocycles. The number of alkyl halides is 1. The van der Waals surface area contributed by atoms with Gasteiger partial charge in [-0.1, -0.05) is 0 Å². The third kappa shape index (κ3) is 2.38. The molecule has 1 aliphatic heterocycles. The molecule has 98 valence electrons. The number of ether oxygens (including phenoxy) is 1. The summed E-state index contributed by atoms with van der Waals surface area (Å²) in [6, 6.07) is 5.81. The van der Waals surface area contributed by atoms with E-state index in [-0.39, 0.29) is 5.91 Å². The van der Waals surface area contributed by atoms with Gasteiger partial charge in [-0.2, -0.15) is 0 Å². The van der Waals surface area contributed by atoms with E-state index in [2.05, 4.69) is 0 Å². The van der Waals surface area contributed by atoms with Crippen molar-refractivity contribution in [1.82, 2.24) is 0 Å². The molecule has 0 saturated heterocycles. The third-order valence-electron chi connectivity index (χ3n) is 2.93. The van der Waals surface area contributed by atoms with Crippen LogP contribution in [0.5, 0.6) is 5.75 Å². The molecule has 18 heavy (non-hydrogen) atoms. The first kappa shape index (κ1) is 13.0. The molecule has 1 heterocycles. The van der Waals surface area contributed by atoms with Crippen LogP contribution in [0, 0.1) is 0 Å². The molecule has 1 atom stereocenters. The fraction of sp³-hybridized carbons (Fsp3) is 0.462. The second kappa shape index (κ2) is 5.06. The van der Waals surface area contributed by atoms with Crippen LogP contribution in [0.1, 0.15) is 6.92 Å². The summed E-state index contributed by atoms with van der Waals surface area (Å²) in [5.74, 6) is 0.650. The monoisotopic (exact) mass is 268 g/mol. The van der Waals surface area contributed by atoms with Crippen LogP contribution in [0.25, 0.3) is 0 Å². The lowest BCUT2D eigenvalue weighted by molar-refractivity contribution is -0.118. The summed E-state index contributed by atoms with van der Waals surface area (Å²) in [4.78, 5) is 15.7. The number of hydrogen-bond donors (Lipinski definition) is 0. The maximum atomic E-state index is 12.0. The van der Waals surface area contributed by atoms with Crippen LogP contribution in [-0.2, 0) is 4.79 Å². The minimum absolute atomic E-state index is 0.0844. The van der Waals surface area contributed by atoms with Crippen LogP contribution in [0.4, 0.5) is 11.4 Å². The molecule has 1 unspecified atom stereocenters. The Kier molecular flexibility index (Phi) is 3.66. The van der Waals surface area contributed by atoms with Crippen LogP contribution < -0.4 is 14.5 Å². The molecule has 0 bridgehead atoms. The molecule has 0 aromatic heterocycles. The van der Waals surface area contributed by atoms with E-state index in [1.807, 2.05) is 37.2 Å². The summed E-state index contributed by atoms with van der Waals surface area (Å²) in [6.45, 7) is 2.73. The number of carbonyl (C=O) groups is 1. The Morgan fingerprint density at radius 3 is 2.83 bits per heavy atom. The van der Waals surface area contributed by atoms with Gasteiger partial charge in [0.2, 0.25) is 5.91 Å². The number of amides is 1. The molecule has 1 aliphatic rings.